The highest BCUT2D eigenvalue weighted by molar-refractivity contribution is 6.36. The molecule has 0 heterocycles. The third-order valence-corrected chi connectivity index (χ3v) is 6.33. The van der Waals surface area contributed by atoms with Gasteiger partial charge in [-0.05, 0) is 85.8 Å². The molecule has 4 heteroatoms. The number of hydrogen-bond acceptors (Lipinski definition) is 2. The van der Waals surface area contributed by atoms with Gasteiger partial charge >= 0.3 is 11.9 Å². The fraction of sp³-hybridized carbons (Fsp3) is 0.579. The Bertz CT molecular complexity index is 644. The number of aliphatic carboxylic acids is 1. The SMILES string of the molecule is Cc1ccc(C23CC4CC(CC(C4)C2)C3)cc1NC(=O)C(=O)O. The van der Waals surface area contributed by atoms with Crippen molar-refractivity contribution in [2.75, 3.05) is 5.32 Å². The highest BCUT2D eigenvalue weighted by atomic mass is 16.4. The van der Waals surface area contributed by atoms with Gasteiger partial charge in [0.2, 0.25) is 0 Å². The van der Waals surface area contributed by atoms with E-state index in [-0.39, 0.29) is 5.41 Å². The summed E-state index contributed by atoms with van der Waals surface area (Å²) < 4.78 is 0. The van der Waals surface area contributed by atoms with Crippen LogP contribution in [-0.4, -0.2) is 17.0 Å². The van der Waals surface area contributed by atoms with Gasteiger partial charge in [0, 0.05) is 5.69 Å². The van der Waals surface area contributed by atoms with Crippen LogP contribution in [0, 0.1) is 24.7 Å². The number of carboxylic acids is 1. The Morgan fingerprint density at radius 1 is 1.09 bits per heavy atom. The Labute approximate surface area is 136 Å². The van der Waals surface area contributed by atoms with Crippen molar-refractivity contribution in [3.8, 4) is 0 Å². The second kappa shape index (κ2) is 5.08. The molecule has 5 rings (SSSR count). The molecule has 4 fully saturated rings. The van der Waals surface area contributed by atoms with E-state index in [4.69, 9.17) is 5.11 Å². The molecule has 4 nitrogen and oxygen atoms in total. The van der Waals surface area contributed by atoms with Crippen molar-refractivity contribution in [2.45, 2.75) is 50.9 Å². The molecule has 1 aromatic carbocycles. The Morgan fingerprint density at radius 2 is 1.65 bits per heavy atom. The van der Waals surface area contributed by atoms with Gasteiger partial charge in [-0.1, -0.05) is 12.1 Å². The summed E-state index contributed by atoms with van der Waals surface area (Å²) in [5.74, 6) is 0.180. The highest BCUT2D eigenvalue weighted by Crippen LogP contribution is 2.60. The van der Waals surface area contributed by atoms with Crippen LogP contribution < -0.4 is 5.32 Å². The van der Waals surface area contributed by atoms with Gasteiger partial charge in [0.05, 0.1) is 0 Å². The van der Waals surface area contributed by atoms with Crippen LogP contribution in [0.3, 0.4) is 0 Å². The zero-order chi connectivity index (χ0) is 16.2. The maximum absolute atomic E-state index is 11.5. The molecule has 0 spiro atoms. The summed E-state index contributed by atoms with van der Waals surface area (Å²) >= 11 is 0. The number of carboxylic acid groups (broad SMARTS) is 1. The summed E-state index contributed by atoms with van der Waals surface area (Å²) in [6, 6.07) is 6.24. The van der Waals surface area contributed by atoms with Crippen molar-refractivity contribution in [3.05, 3.63) is 29.3 Å². The van der Waals surface area contributed by atoms with E-state index in [0.717, 1.165) is 23.3 Å². The molecule has 0 saturated heterocycles. The van der Waals surface area contributed by atoms with E-state index >= 15 is 0 Å². The number of benzene rings is 1. The van der Waals surface area contributed by atoms with Crippen LogP contribution >= 0.6 is 0 Å². The van der Waals surface area contributed by atoms with Crippen molar-refractivity contribution in [3.63, 3.8) is 0 Å². The number of carbonyl (C=O) groups is 2. The van der Waals surface area contributed by atoms with E-state index < -0.39 is 11.9 Å². The Morgan fingerprint density at radius 3 is 2.17 bits per heavy atom. The second-order valence-electron chi connectivity index (χ2n) is 7.99. The van der Waals surface area contributed by atoms with Crippen molar-refractivity contribution in [1.29, 1.82) is 0 Å². The van der Waals surface area contributed by atoms with Crippen LogP contribution in [0.5, 0.6) is 0 Å². The molecule has 1 amide bonds. The Hall–Kier alpha value is -1.84. The van der Waals surface area contributed by atoms with Gasteiger partial charge in [-0.25, -0.2) is 4.79 Å². The largest absolute Gasteiger partial charge is 0.474 e. The minimum absolute atomic E-state index is 0.255. The standard InChI is InChI=1S/C19H23NO3/c1-11-2-3-15(7-16(11)20-17(21)18(22)23)19-8-12-4-13(9-19)6-14(5-12)10-19/h2-3,7,12-14H,4-6,8-10H2,1H3,(H,20,21)(H,22,23). The molecule has 4 aliphatic rings. The van der Waals surface area contributed by atoms with Crippen LogP contribution in [0.1, 0.15) is 49.7 Å². The predicted molar refractivity (Wildman–Crippen MR) is 87.3 cm³/mol. The maximum atomic E-state index is 11.5. The zero-order valence-corrected chi connectivity index (χ0v) is 13.5. The van der Waals surface area contributed by atoms with Crippen molar-refractivity contribution in [1.82, 2.24) is 0 Å². The first-order chi connectivity index (χ1) is 10.9. The molecule has 122 valence electrons. The molecule has 0 aromatic heterocycles. The lowest BCUT2D eigenvalue weighted by atomic mass is 9.48. The van der Waals surface area contributed by atoms with Crippen molar-refractivity contribution < 1.29 is 14.7 Å². The van der Waals surface area contributed by atoms with Gasteiger partial charge in [0.25, 0.3) is 0 Å². The van der Waals surface area contributed by atoms with Gasteiger partial charge in [-0.2, -0.15) is 0 Å². The molecule has 0 aliphatic heterocycles. The molecule has 4 saturated carbocycles. The average molecular weight is 313 g/mol. The number of anilines is 1. The number of nitrogens with one attached hydrogen (secondary N) is 1. The molecular formula is C19H23NO3. The van der Waals surface area contributed by atoms with E-state index in [9.17, 15) is 9.59 Å². The second-order valence-corrected chi connectivity index (χ2v) is 7.99. The minimum atomic E-state index is -1.44. The van der Waals surface area contributed by atoms with E-state index in [1.165, 1.54) is 44.1 Å². The molecular weight excluding hydrogens is 290 g/mol. The fourth-order valence-corrected chi connectivity index (χ4v) is 5.73. The molecule has 0 unspecified atom stereocenters. The van der Waals surface area contributed by atoms with Crippen LogP contribution in [0.4, 0.5) is 5.69 Å². The molecule has 0 atom stereocenters. The number of aryl methyl sites for hydroxylation is 1. The van der Waals surface area contributed by atoms with Gasteiger partial charge in [-0.3, -0.25) is 4.79 Å². The monoisotopic (exact) mass is 313 g/mol. The fourth-order valence-electron chi connectivity index (χ4n) is 5.73. The van der Waals surface area contributed by atoms with Gasteiger partial charge in [0.15, 0.2) is 0 Å². The smallest absolute Gasteiger partial charge is 0.394 e. The van der Waals surface area contributed by atoms with E-state index in [0.29, 0.717) is 5.69 Å². The first-order valence-corrected chi connectivity index (χ1v) is 8.60. The van der Waals surface area contributed by atoms with Gasteiger partial charge in [-0.15, -0.1) is 0 Å². The molecule has 4 aliphatic carbocycles. The van der Waals surface area contributed by atoms with Crippen LogP contribution in [0.25, 0.3) is 0 Å². The van der Waals surface area contributed by atoms with Crippen molar-refractivity contribution >= 4 is 17.6 Å². The Kier molecular flexibility index (Phi) is 3.26. The zero-order valence-electron chi connectivity index (χ0n) is 13.5. The van der Waals surface area contributed by atoms with E-state index in [2.05, 4.69) is 11.4 Å². The molecule has 2 N–H and O–H groups in total. The first kappa shape index (κ1) is 14.7. The summed E-state index contributed by atoms with van der Waals surface area (Å²) in [6.07, 6.45) is 7.96. The quantitative estimate of drug-likeness (QED) is 0.821. The topological polar surface area (TPSA) is 66.4 Å². The third kappa shape index (κ3) is 2.44. The lowest BCUT2D eigenvalue weighted by Crippen LogP contribution is -2.48. The summed E-state index contributed by atoms with van der Waals surface area (Å²) in [5, 5.41) is 11.4. The molecule has 0 radical (unpaired) electrons. The molecule has 23 heavy (non-hydrogen) atoms. The Balaban J connectivity index is 1.67. The summed E-state index contributed by atoms with van der Waals surface area (Å²) in [5.41, 5.74) is 3.10. The van der Waals surface area contributed by atoms with Gasteiger partial charge in [0.1, 0.15) is 0 Å². The first-order valence-electron chi connectivity index (χ1n) is 8.60. The number of carbonyl (C=O) groups excluding carboxylic acids is 1. The van der Waals surface area contributed by atoms with E-state index in [1.807, 2.05) is 19.1 Å². The lowest BCUT2D eigenvalue weighted by Gasteiger charge is -2.57. The highest BCUT2D eigenvalue weighted by Gasteiger charge is 2.51. The average Bonchev–Trinajstić information content (AvgIpc) is 2.47. The van der Waals surface area contributed by atoms with Crippen LogP contribution in [0.2, 0.25) is 0 Å². The summed E-state index contributed by atoms with van der Waals surface area (Å²) in [7, 11) is 0. The lowest BCUT2D eigenvalue weighted by molar-refractivity contribution is -0.147. The maximum Gasteiger partial charge on any atom is 0.394 e. The summed E-state index contributed by atoms with van der Waals surface area (Å²) in [6.45, 7) is 1.90. The van der Waals surface area contributed by atoms with Gasteiger partial charge < -0.3 is 10.4 Å². The number of amides is 1. The minimum Gasteiger partial charge on any atom is -0.474 e. The predicted octanol–water partition coefficient (Wildman–Crippen LogP) is 3.49. The molecule has 4 bridgehead atoms. The molecule has 1 aromatic rings. The number of hydrogen-bond donors (Lipinski definition) is 2. The van der Waals surface area contributed by atoms with E-state index in [1.54, 1.807) is 0 Å². The van der Waals surface area contributed by atoms with Crippen LogP contribution in [-0.2, 0) is 15.0 Å². The third-order valence-electron chi connectivity index (χ3n) is 6.33. The van der Waals surface area contributed by atoms with Crippen LogP contribution in [0.15, 0.2) is 18.2 Å². The van der Waals surface area contributed by atoms with Crippen molar-refractivity contribution in [2.24, 2.45) is 17.8 Å². The summed E-state index contributed by atoms with van der Waals surface area (Å²) in [4.78, 5) is 22.3. The normalized spacial score (nSPS) is 34.4. The number of rotatable bonds is 2.